The Morgan fingerprint density at radius 2 is 2.04 bits per heavy atom. The second-order valence-corrected chi connectivity index (χ2v) is 7.73. The highest BCUT2D eigenvalue weighted by atomic mass is 32.2. The molecule has 1 heterocycles. The van der Waals surface area contributed by atoms with Crippen LogP contribution in [0.4, 0.5) is 0 Å². The minimum atomic E-state index is 0.0613. The molecule has 0 radical (unpaired) electrons. The summed E-state index contributed by atoms with van der Waals surface area (Å²) in [6, 6.07) is 8.53. The molecule has 2 aromatic rings. The average molecular weight is 375 g/mol. The Kier molecular flexibility index (Phi) is 6.19. The Bertz CT molecular complexity index is 738. The van der Waals surface area contributed by atoms with E-state index in [4.69, 9.17) is 4.74 Å². The molecule has 1 aliphatic carbocycles. The Labute approximate surface area is 158 Å². The highest BCUT2D eigenvalue weighted by Crippen LogP contribution is 2.22. The molecule has 26 heavy (non-hydrogen) atoms. The standard InChI is InChI=1S/C19H26N4O2S/c1-4-23-17(11-25-16-9-5-14(6-10-16)13(2)3)21-22-19(23)26-12-18(24)20-15-7-8-15/h5-6,9-10,13,15H,4,7-8,11-12H2,1-3H3,(H,20,24). The molecule has 0 aliphatic heterocycles. The molecule has 1 aromatic carbocycles. The molecule has 1 fully saturated rings. The number of hydrogen-bond acceptors (Lipinski definition) is 5. The van der Waals surface area contributed by atoms with E-state index in [2.05, 4.69) is 41.5 Å². The number of hydrogen-bond donors (Lipinski definition) is 1. The minimum Gasteiger partial charge on any atom is -0.486 e. The van der Waals surface area contributed by atoms with Crippen molar-refractivity contribution in [2.24, 2.45) is 0 Å². The summed E-state index contributed by atoms with van der Waals surface area (Å²) >= 11 is 1.42. The van der Waals surface area contributed by atoms with Gasteiger partial charge in [0.15, 0.2) is 11.0 Å². The number of nitrogens with one attached hydrogen (secondary N) is 1. The van der Waals surface area contributed by atoms with Gasteiger partial charge in [-0.05, 0) is 43.4 Å². The molecule has 1 saturated carbocycles. The monoisotopic (exact) mass is 374 g/mol. The first-order valence-electron chi connectivity index (χ1n) is 9.13. The normalized spacial score (nSPS) is 13.8. The van der Waals surface area contributed by atoms with Crippen molar-refractivity contribution in [1.29, 1.82) is 0 Å². The first-order valence-corrected chi connectivity index (χ1v) is 10.1. The molecule has 1 aromatic heterocycles. The molecule has 3 rings (SSSR count). The largest absolute Gasteiger partial charge is 0.486 e. The van der Waals surface area contributed by atoms with Crippen molar-refractivity contribution in [3.8, 4) is 5.75 Å². The first-order chi connectivity index (χ1) is 12.6. The third kappa shape index (κ3) is 5.00. The van der Waals surface area contributed by atoms with Gasteiger partial charge in [0.05, 0.1) is 5.75 Å². The molecule has 1 aliphatic rings. The third-order valence-corrected chi connectivity index (χ3v) is 5.27. The molecule has 6 nitrogen and oxygen atoms in total. The zero-order chi connectivity index (χ0) is 18.5. The van der Waals surface area contributed by atoms with E-state index in [-0.39, 0.29) is 5.91 Å². The maximum atomic E-state index is 11.8. The topological polar surface area (TPSA) is 69.0 Å². The van der Waals surface area contributed by atoms with Crippen LogP contribution in [-0.2, 0) is 17.9 Å². The van der Waals surface area contributed by atoms with E-state index in [1.165, 1.54) is 17.3 Å². The lowest BCUT2D eigenvalue weighted by Crippen LogP contribution is -2.27. The number of ether oxygens (including phenoxy) is 1. The predicted molar refractivity (Wildman–Crippen MR) is 102 cm³/mol. The summed E-state index contributed by atoms with van der Waals surface area (Å²) in [5.41, 5.74) is 1.29. The zero-order valence-electron chi connectivity index (χ0n) is 15.6. The molecule has 0 unspecified atom stereocenters. The van der Waals surface area contributed by atoms with Crippen LogP contribution in [-0.4, -0.2) is 32.5 Å². The van der Waals surface area contributed by atoms with Gasteiger partial charge in [0.25, 0.3) is 0 Å². The van der Waals surface area contributed by atoms with Gasteiger partial charge in [-0.1, -0.05) is 37.7 Å². The van der Waals surface area contributed by atoms with Gasteiger partial charge >= 0.3 is 0 Å². The Morgan fingerprint density at radius 3 is 2.65 bits per heavy atom. The molecular formula is C19H26N4O2S. The highest BCUT2D eigenvalue weighted by molar-refractivity contribution is 7.99. The van der Waals surface area contributed by atoms with Crippen LogP contribution in [0.15, 0.2) is 29.4 Å². The summed E-state index contributed by atoms with van der Waals surface area (Å²) in [4.78, 5) is 11.8. The van der Waals surface area contributed by atoms with Gasteiger partial charge in [0.2, 0.25) is 5.91 Å². The van der Waals surface area contributed by atoms with E-state index in [0.29, 0.717) is 24.3 Å². The van der Waals surface area contributed by atoms with Crippen LogP contribution in [0.25, 0.3) is 0 Å². The number of carbonyl (C=O) groups excluding carboxylic acids is 1. The van der Waals surface area contributed by atoms with Crippen molar-refractivity contribution in [1.82, 2.24) is 20.1 Å². The fourth-order valence-corrected chi connectivity index (χ4v) is 3.41. The Morgan fingerprint density at radius 1 is 1.31 bits per heavy atom. The van der Waals surface area contributed by atoms with Crippen molar-refractivity contribution in [3.63, 3.8) is 0 Å². The van der Waals surface area contributed by atoms with Crippen LogP contribution in [0.5, 0.6) is 5.75 Å². The van der Waals surface area contributed by atoms with Gasteiger partial charge < -0.3 is 14.6 Å². The summed E-state index contributed by atoms with van der Waals surface area (Å²) in [5, 5.41) is 12.2. The van der Waals surface area contributed by atoms with Crippen LogP contribution in [0.3, 0.4) is 0 Å². The summed E-state index contributed by atoms with van der Waals surface area (Å²) in [6.45, 7) is 7.48. The number of rotatable bonds is 9. The SMILES string of the molecule is CCn1c(COc2ccc(C(C)C)cc2)nnc1SCC(=O)NC1CC1. The number of thioether (sulfide) groups is 1. The van der Waals surface area contributed by atoms with Gasteiger partial charge in [-0.3, -0.25) is 4.79 Å². The first kappa shape index (κ1) is 18.8. The number of amides is 1. The van der Waals surface area contributed by atoms with Crippen LogP contribution < -0.4 is 10.1 Å². The third-order valence-electron chi connectivity index (χ3n) is 4.30. The maximum Gasteiger partial charge on any atom is 0.230 e. The fourth-order valence-electron chi connectivity index (χ4n) is 2.57. The number of nitrogens with zero attached hydrogens (tertiary/aromatic N) is 3. The van der Waals surface area contributed by atoms with Crippen molar-refractivity contribution in [2.75, 3.05) is 5.75 Å². The second-order valence-electron chi connectivity index (χ2n) is 6.79. The summed E-state index contributed by atoms with van der Waals surface area (Å²) in [7, 11) is 0. The van der Waals surface area contributed by atoms with Crippen molar-refractivity contribution in [3.05, 3.63) is 35.7 Å². The van der Waals surface area contributed by atoms with Crippen LogP contribution in [0.2, 0.25) is 0 Å². The second kappa shape index (κ2) is 8.58. The van der Waals surface area contributed by atoms with Gasteiger partial charge in [-0.15, -0.1) is 10.2 Å². The van der Waals surface area contributed by atoms with E-state index in [1.807, 2.05) is 23.6 Å². The van der Waals surface area contributed by atoms with Crippen LogP contribution >= 0.6 is 11.8 Å². The molecule has 0 spiro atoms. The molecule has 1 N–H and O–H groups in total. The highest BCUT2D eigenvalue weighted by Gasteiger charge is 2.23. The smallest absolute Gasteiger partial charge is 0.230 e. The zero-order valence-corrected chi connectivity index (χ0v) is 16.4. The molecule has 1 amide bonds. The van der Waals surface area contributed by atoms with Crippen LogP contribution in [0.1, 0.15) is 50.9 Å². The van der Waals surface area contributed by atoms with E-state index < -0.39 is 0 Å². The average Bonchev–Trinajstić information content (AvgIpc) is 3.36. The molecule has 0 saturated heterocycles. The van der Waals surface area contributed by atoms with Crippen molar-refractivity contribution < 1.29 is 9.53 Å². The maximum absolute atomic E-state index is 11.8. The fraction of sp³-hybridized carbons (Fsp3) is 0.526. The molecule has 0 atom stereocenters. The molecule has 0 bridgehead atoms. The van der Waals surface area contributed by atoms with Crippen LogP contribution in [0, 0.1) is 0 Å². The lowest BCUT2D eigenvalue weighted by molar-refractivity contribution is -0.118. The number of carbonyl (C=O) groups is 1. The van der Waals surface area contributed by atoms with Crippen molar-refractivity contribution >= 4 is 17.7 Å². The molecule has 140 valence electrons. The predicted octanol–water partition coefficient (Wildman–Crippen LogP) is 3.37. The number of aromatic nitrogens is 3. The lowest BCUT2D eigenvalue weighted by atomic mass is 10.0. The van der Waals surface area contributed by atoms with Gasteiger partial charge in [-0.25, -0.2) is 0 Å². The van der Waals surface area contributed by atoms with Gasteiger partial charge in [0.1, 0.15) is 12.4 Å². The van der Waals surface area contributed by atoms with E-state index in [9.17, 15) is 4.79 Å². The van der Waals surface area contributed by atoms with E-state index in [1.54, 1.807) is 0 Å². The Hall–Kier alpha value is -2.02. The quantitative estimate of drug-likeness (QED) is 0.682. The number of benzene rings is 1. The lowest BCUT2D eigenvalue weighted by Gasteiger charge is -2.10. The van der Waals surface area contributed by atoms with E-state index >= 15 is 0 Å². The van der Waals surface area contributed by atoms with Gasteiger partial charge in [-0.2, -0.15) is 0 Å². The summed E-state index contributed by atoms with van der Waals surface area (Å²) in [5.74, 6) is 2.52. The van der Waals surface area contributed by atoms with Crippen molar-refractivity contribution in [2.45, 2.75) is 63.9 Å². The molecular weight excluding hydrogens is 348 g/mol. The minimum absolute atomic E-state index is 0.0613. The van der Waals surface area contributed by atoms with E-state index in [0.717, 1.165) is 36.1 Å². The summed E-state index contributed by atoms with van der Waals surface area (Å²) in [6.07, 6.45) is 2.20. The molecule has 7 heteroatoms. The Balaban J connectivity index is 1.55. The summed E-state index contributed by atoms with van der Waals surface area (Å²) < 4.78 is 7.85. The van der Waals surface area contributed by atoms with Gasteiger partial charge in [0, 0.05) is 12.6 Å².